The summed E-state index contributed by atoms with van der Waals surface area (Å²) in [5.74, 6) is 1.65. The zero-order valence-electron chi connectivity index (χ0n) is 10.2. The van der Waals surface area contributed by atoms with Gasteiger partial charge in [-0.15, -0.1) is 11.3 Å². The van der Waals surface area contributed by atoms with Crippen LogP contribution in [-0.2, 0) is 6.42 Å². The zero-order valence-corrected chi connectivity index (χ0v) is 11.9. The smallest absolute Gasteiger partial charge is 0.270 e. The van der Waals surface area contributed by atoms with E-state index in [1.807, 2.05) is 0 Å². The van der Waals surface area contributed by atoms with Crippen molar-refractivity contribution in [3.05, 3.63) is 16.1 Å². The summed E-state index contributed by atoms with van der Waals surface area (Å²) in [6.07, 6.45) is 1.52. The van der Waals surface area contributed by atoms with Crippen molar-refractivity contribution in [1.29, 1.82) is 0 Å². The van der Waals surface area contributed by atoms with E-state index in [4.69, 9.17) is 10.8 Å². The number of carbonyl (C=O) groups excluding carboxylic acids is 1. The molecule has 18 heavy (non-hydrogen) atoms. The Morgan fingerprint density at radius 2 is 2.39 bits per heavy atom. The average Bonchev–Trinajstić information content (AvgIpc) is 2.82. The second-order valence-electron chi connectivity index (χ2n) is 3.61. The molecule has 0 radical (unpaired) electrons. The number of thioether (sulfide) groups is 1. The number of amides is 1. The van der Waals surface area contributed by atoms with Crippen LogP contribution in [0.2, 0.25) is 0 Å². The minimum Gasteiger partial charge on any atom is -0.396 e. The van der Waals surface area contributed by atoms with E-state index in [9.17, 15) is 4.79 Å². The molecule has 0 aliphatic rings. The molecule has 0 unspecified atom stereocenters. The van der Waals surface area contributed by atoms with E-state index in [-0.39, 0.29) is 12.5 Å². The molecule has 7 heteroatoms. The topological polar surface area (TPSA) is 88.2 Å². The lowest BCUT2D eigenvalue weighted by Gasteiger charge is -2.02. The maximum atomic E-state index is 11.7. The summed E-state index contributed by atoms with van der Waals surface area (Å²) < 4.78 is 0. The summed E-state index contributed by atoms with van der Waals surface area (Å²) in [5.41, 5.74) is 5.91. The highest BCUT2D eigenvalue weighted by Crippen LogP contribution is 2.09. The lowest BCUT2D eigenvalue weighted by molar-refractivity contribution is 0.0951. The average molecular weight is 289 g/mol. The quantitative estimate of drug-likeness (QED) is 0.576. The first-order chi connectivity index (χ1) is 8.77. The van der Waals surface area contributed by atoms with Crippen LogP contribution in [0.25, 0.3) is 0 Å². The molecule has 1 amide bonds. The van der Waals surface area contributed by atoms with Gasteiger partial charge in [0.05, 0.1) is 5.01 Å². The van der Waals surface area contributed by atoms with Crippen molar-refractivity contribution in [1.82, 2.24) is 10.3 Å². The molecule has 1 heterocycles. The van der Waals surface area contributed by atoms with Gasteiger partial charge in [-0.05, 0) is 18.7 Å². The van der Waals surface area contributed by atoms with Crippen LogP contribution in [0.5, 0.6) is 0 Å². The highest BCUT2D eigenvalue weighted by atomic mass is 32.2. The minimum absolute atomic E-state index is 0.128. The van der Waals surface area contributed by atoms with Crippen molar-refractivity contribution in [3.63, 3.8) is 0 Å². The van der Waals surface area contributed by atoms with Gasteiger partial charge >= 0.3 is 0 Å². The summed E-state index contributed by atoms with van der Waals surface area (Å²) in [6, 6.07) is 0. The van der Waals surface area contributed by atoms with E-state index in [1.165, 1.54) is 11.3 Å². The summed E-state index contributed by atoms with van der Waals surface area (Å²) in [4.78, 5) is 15.9. The SMILES string of the molecule is NCCc1nc(C(=O)NCCSCCCO)cs1. The number of nitrogens with two attached hydrogens (primary N) is 1. The van der Waals surface area contributed by atoms with Crippen molar-refractivity contribution >= 4 is 29.0 Å². The Balaban J connectivity index is 2.19. The van der Waals surface area contributed by atoms with Gasteiger partial charge in [0.15, 0.2) is 0 Å². The fourth-order valence-corrected chi connectivity index (χ4v) is 2.83. The molecule has 0 saturated carbocycles. The Labute approximate surface area is 115 Å². The number of aliphatic hydroxyl groups is 1. The van der Waals surface area contributed by atoms with Crippen LogP contribution in [0.3, 0.4) is 0 Å². The maximum absolute atomic E-state index is 11.7. The van der Waals surface area contributed by atoms with E-state index >= 15 is 0 Å². The van der Waals surface area contributed by atoms with Crippen molar-refractivity contribution < 1.29 is 9.90 Å². The van der Waals surface area contributed by atoms with Gasteiger partial charge in [0.2, 0.25) is 0 Å². The van der Waals surface area contributed by atoms with Crippen molar-refractivity contribution in [2.75, 3.05) is 31.2 Å². The molecule has 0 aliphatic heterocycles. The van der Waals surface area contributed by atoms with Crippen molar-refractivity contribution in [2.24, 2.45) is 5.73 Å². The lowest BCUT2D eigenvalue weighted by Crippen LogP contribution is -2.26. The van der Waals surface area contributed by atoms with Gasteiger partial charge in [-0.25, -0.2) is 4.98 Å². The molecule has 0 aliphatic carbocycles. The normalized spacial score (nSPS) is 10.6. The van der Waals surface area contributed by atoms with Gasteiger partial charge in [-0.1, -0.05) is 0 Å². The van der Waals surface area contributed by atoms with Crippen LogP contribution < -0.4 is 11.1 Å². The van der Waals surface area contributed by atoms with Gasteiger partial charge in [0.25, 0.3) is 5.91 Å². The van der Waals surface area contributed by atoms with Crippen molar-refractivity contribution in [2.45, 2.75) is 12.8 Å². The Hall–Kier alpha value is -0.630. The molecule has 0 fully saturated rings. The van der Waals surface area contributed by atoms with Crippen LogP contribution in [0.1, 0.15) is 21.9 Å². The highest BCUT2D eigenvalue weighted by molar-refractivity contribution is 7.99. The third-order valence-corrected chi connectivity index (χ3v) is 4.10. The summed E-state index contributed by atoms with van der Waals surface area (Å²) in [7, 11) is 0. The maximum Gasteiger partial charge on any atom is 0.270 e. The van der Waals surface area contributed by atoms with Gasteiger partial charge in [-0.3, -0.25) is 4.79 Å². The lowest BCUT2D eigenvalue weighted by atomic mass is 10.4. The molecule has 0 atom stereocenters. The second-order valence-corrected chi connectivity index (χ2v) is 5.78. The summed E-state index contributed by atoms with van der Waals surface area (Å²) in [5, 5.41) is 14.1. The third-order valence-electron chi connectivity index (χ3n) is 2.12. The molecule has 0 spiro atoms. The van der Waals surface area contributed by atoms with Gasteiger partial charge in [0, 0.05) is 30.7 Å². The number of hydrogen-bond acceptors (Lipinski definition) is 6. The number of nitrogens with one attached hydrogen (secondary N) is 1. The monoisotopic (exact) mass is 289 g/mol. The number of nitrogens with zero attached hydrogens (tertiary/aromatic N) is 1. The number of carbonyl (C=O) groups is 1. The van der Waals surface area contributed by atoms with E-state index in [2.05, 4.69) is 10.3 Å². The minimum atomic E-state index is -0.128. The molecule has 0 aromatic carbocycles. The molecular weight excluding hydrogens is 270 g/mol. The number of rotatable bonds is 9. The van der Waals surface area contributed by atoms with Crippen molar-refractivity contribution in [3.8, 4) is 0 Å². The Kier molecular flexibility index (Phi) is 7.99. The fraction of sp³-hybridized carbons (Fsp3) is 0.636. The largest absolute Gasteiger partial charge is 0.396 e. The zero-order chi connectivity index (χ0) is 13.2. The Morgan fingerprint density at radius 3 is 3.11 bits per heavy atom. The van der Waals surface area contributed by atoms with Gasteiger partial charge < -0.3 is 16.2 Å². The number of aliphatic hydroxyl groups excluding tert-OH is 1. The molecule has 4 N–H and O–H groups in total. The van der Waals surface area contributed by atoms with Crippen LogP contribution in [-0.4, -0.2) is 47.2 Å². The predicted molar refractivity (Wildman–Crippen MR) is 76.2 cm³/mol. The third kappa shape index (κ3) is 5.81. The standard InChI is InChI=1S/C11H19N3O2S2/c12-3-2-10-14-9(8-18-10)11(16)13-4-7-17-6-1-5-15/h8,15H,1-7,12H2,(H,13,16). The van der Waals surface area contributed by atoms with Crippen LogP contribution in [0.4, 0.5) is 0 Å². The van der Waals surface area contributed by atoms with Gasteiger partial charge in [-0.2, -0.15) is 11.8 Å². The first-order valence-corrected chi connectivity index (χ1v) is 7.92. The molecule has 102 valence electrons. The van der Waals surface area contributed by atoms with Crippen LogP contribution in [0.15, 0.2) is 5.38 Å². The number of hydrogen-bond donors (Lipinski definition) is 3. The molecule has 0 saturated heterocycles. The van der Waals surface area contributed by atoms with E-state index < -0.39 is 0 Å². The van der Waals surface area contributed by atoms with Gasteiger partial charge in [0.1, 0.15) is 5.69 Å². The first kappa shape index (κ1) is 15.4. The molecule has 0 bridgehead atoms. The molecule has 1 aromatic heterocycles. The van der Waals surface area contributed by atoms with E-state index in [0.717, 1.165) is 29.4 Å². The predicted octanol–water partition coefficient (Wildman–Crippen LogP) is 0.490. The van der Waals surface area contributed by atoms with E-state index in [1.54, 1.807) is 17.1 Å². The summed E-state index contributed by atoms with van der Waals surface area (Å²) >= 11 is 3.19. The van der Waals surface area contributed by atoms with Crippen LogP contribution in [0, 0.1) is 0 Å². The summed E-state index contributed by atoms with van der Waals surface area (Å²) in [6.45, 7) is 1.40. The number of aromatic nitrogens is 1. The first-order valence-electron chi connectivity index (χ1n) is 5.89. The molecule has 5 nitrogen and oxygen atoms in total. The number of thiazole rings is 1. The second kappa shape index (κ2) is 9.32. The molecular formula is C11H19N3O2S2. The highest BCUT2D eigenvalue weighted by Gasteiger charge is 2.09. The van der Waals surface area contributed by atoms with E-state index in [0.29, 0.717) is 18.8 Å². The fourth-order valence-electron chi connectivity index (χ4n) is 1.25. The Morgan fingerprint density at radius 1 is 1.56 bits per heavy atom. The Bertz CT molecular complexity index is 358. The molecule has 1 aromatic rings. The van der Waals surface area contributed by atoms with Crippen LogP contribution >= 0.6 is 23.1 Å². The molecule has 1 rings (SSSR count).